The Morgan fingerprint density at radius 2 is 1.71 bits per heavy atom. The molecule has 1 aliphatic heterocycles. The van der Waals surface area contributed by atoms with Crippen LogP contribution in [0.4, 0.5) is 0 Å². The number of fused-ring (bicyclic) bond motifs is 1. The van der Waals surface area contributed by atoms with E-state index in [2.05, 4.69) is 25.4 Å². The summed E-state index contributed by atoms with van der Waals surface area (Å²) in [7, 11) is -4.59. The van der Waals surface area contributed by atoms with Crippen molar-refractivity contribution in [3.63, 3.8) is 0 Å². The second-order valence-electron chi connectivity index (χ2n) is 12.4. The molecule has 1 aromatic heterocycles. The number of nitrogens with zero attached hydrogens (tertiary/aromatic N) is 4. The van der Waals surface area contributed by atoms with Crippen LogP contribution in [0.25, 0.3) is 21.3 Å². The molecule has 19 nitrogen and oxygen atoms in total. The topological polar surface area (TPSA) is 253 Å². The fourth-order valence-corrected chi connectivity index (χ4v) is 7.03. The second kappa shape index (κ2) is 20.9. The molecule has 1 fully saturated rings. The maximum absolute atomic E-state index is 14.5. The molecule has 1 aliphatic rings. The van der Waals surface area contributed by atoms with Crippen molar-refractivity contribution in [2.45, 2.75) is 90.2 Å². The zero-order valence-corrected chi connectivity index (χ0v) is 32.0. The molecule has 20 heteroatoms. The normalized spacial score (nSPS) is 20.6. The van der Waals surface area contributed by atoms with Crippen LogP contribution in [0.2, 0.25) is 0 Å². The summed E-state index contributed by atoms with van der Waals surface area (Å²) in [6.45, 7) is 3.77. The van der Waals surface area contributed by atoms with Crippen LogP contribution < -0.4 is 14.9 Å². The number of ether oxygens (including phenoxy) is 5. The SMILES string of the molecule is CCCCC(=O)OC1O[C@H](COP(=O)(N[C@@H](C)C(=O)OCc2cccc3ncccc23)Oc2ccccc2)[C@@H](OC(C)=O)[C@H](OC(C)=O)[C@@H]1NC(=O)CN=[N+]=[N-]. The van der Waals surface area contributed by atoms with Gasteiger partial charge in [0.1, 0.15) is 37.1 Å². The van der Waals surface area contributed by atoms with Gasteiger partial charge in [-0.1, -0.05) is 54.9 Å². The molecule has 3 aromatic rings. The van der Waals surface area contributed by atoms with Crippen molar-refractivity contribution in [1.82, 2.24) is 15.4 Å². The maximum Gasteiger partial charge on any atom is 0.459 e. The van der Waals surface area contributed by atoms with Gasteiger partial charge in [-0.2, -0.15) is 5.09 Å². The summed E-state index contributed by atoms with van der Waals surface area (Å²) in [5.41, 5.74) is 10.1. The zero-order valence-electron chi connectivity index (χ0n) is 31.1. The molecular formula is C36H43N6O13P. The first kappa shape index (κ1) is 43.2. The van der Waals surface area contributed by atoms with Gasteiger partial charge in [-0.25, -0.2) is 4.57 Å². The van der Waals surface area contributed by atoms with Gasteiger partial charge in [0, 0.05) is 36.8 Å². The predicted octanol–water partition coefficient (Wildman–Crippen LogP) is 4.58. The van der Waals surface area contributed by atoms with Gasteiger partial charge in [-0.05, 0) is 48.7 Å². The van der Waals surface area contributed by atoms with Crippen molar-refractivity contribution in [2.24, 2.45) is 5.11 Å². The number of hydrogen-bond acceptors (Lipinski definition) is 15. The van der Waals surface area contributed by atoms with Gasteiger partial charge in [0.05, 0.1) is 12.1 Å². The van der Waals surface area contributed by atoms with E-state index in [0.717, 1.165) is 19.2 Å². The number of azide groups is 1. The number of hydrogen-bond donors (Lipinski definition) is 2. The summed E-state index contributed by atoms with van der Waals surface area (Å²) in [5, 5.41) is 9.02. The van der Waals surface area contributed by atoms with Crippen LogP contribution in [0.3, 0.4) is 0 Å². The van der Waals surface area contributed by atoms with Crippen LogP contribution in [0.15, 0.2) is 72.0 Å². The number of unbranched alkanes of at least 4 members (excludes halogenated alkanes) is 1. The molecule has 2 aromatic carbocycles. The lowest BCUT2D eigenvalue weighted by Crippen LogP contribution is -2.67. The largest absolute Gasteiger partial charge is 0.460 e. The highest BCUT2D eigenvalue weighted by Crippen LogP contribution is 2.46. The third-order valence-corrected chi connectivity index (χ3v) is 9.67. The molecule has 2 heterocycles. The summed E-state index contributed by atoms with van der Waals surface area (Å²) in [6, 6.07) is 14.0. The minimum atomic E-state index is -4.59. The molecule has 0 spiro atoms. The predicted molar refractivity (Wildman–Crippen MR) is 196 cm³/mol. The van der Waals surface area contributed by atoms with Crippen molar-refractivity contribution in [3.05, 3.63) is 82.9 Å². The van der Waals surface area contributed by atoms with E-state index in [1.54, 1.807) is 42.6 Å². The average molecular weight is 799 g/mol. The summed E-state index contributed by atoms with van der Waals surface area (Å²) in [5.74, 6) is -4.11. The highest BCUT2D eigenvalue weighted by Gasteiger charge is 2.53. The van der Waals surface area contributed by atoms with Gasteiger partial charge in [0.25, 0.3) is 0 Å². The third kappa shape index (κ3) is 12.7. The van der Waals surface area contributed by atoms with Crippen molar-refractivity contribution in [2.75, 3.05) is 13.2 Å². The Kier molecular flexibility index (Phi) is 16.1. The van der Waals surface area contributed by atoms with Gasteiger partial charge in [0.2, 0.25) is 12.2 Å². The molecule has 2 unspecified atom stereocenters. The van der Waals surface area contributed by atoms with E-state index in [1.165, 1.54) is 19.1 Å². The highest BCUT2D eigenvalue weighted by molar-refractivity contribution is 7.52. The molecule has 0 bridgehead atoms. The van der Waals surface area contributed by atoms with E-state index < -0.39 is 87.4 Å². The summed E-state index contributed by atoms with van der Waals surface area (Å²) in [4.78, 5) is 70.5. The number of benzene rings is 2. The molecule has 4 rings (SSSR count). The Labute approximate surface area is 321 Å². The molecule has 0 saturated carbocycles. The van der Waals surface area contributed by atoms with Gasteiger partial charge >= 0.3 is 31.6 Å². The molecule has 300 valence electrons. The standard InChI is InChI=1S/C36H43N6O13P/c1-5-6-17-31(46)54-36-32(40-30(45)19-39-42-37)34(52-24(4)44)33(51-23(3)43)29(53-36)21-50-56(48,55-26-13-8-7-9-14-26)41-22(2)35(47)49-20-25-12-10-16-28-27(25)15-11-18-38-28/h7-16,18,22,29,32-34,36H,5-6,17,19-21H2,1-4H3,(H,40,45)(H,41,48)/t22-,29+,32-,33+,34+,36?,56?/m0/s1. The Balaban J connectivity index is 1.62. The number of aromatic nitrogens is 1. The first-order valence-corrected chi connectivity index (χ1v) is 19.1. The molecule has 56 heavy (non-hydrogen) atoms. The van der Waals surface area contributed by atoms with E-state index in [4.69, 9.17) is 38.3 Å². The van der Waals surface area contributed by atoms with Crippen molar-refractivity contribution >= 4 is 48.4 Å². The minimum absolute atomic E-state index is 0.0437. The van der Waals surface area contributed by atoms with Gasteiger partial charge in [0.15, 0.2) is 12.2 Å². The van der Waals surface area contributed by atoms with Gasteiger partial charge in [-0.15, -0.1) is 0 Å². The van der Waals surface area contributed by atoms with E-state index in [-0.39, 0.29) is 18.8 Å². The second-order valence-corrected chi connectivity index (χ2v) is 14.1. The number of para-hydroxylation sites is 1. The quantitative estimate of drug-likeness (QED) is 0.0420. The van der Waals surface area contributed by atoms with Crippen LogP contribution in [-0.2, 0) is 63.4 Å². The molecule has 2 N–H and O–H groups in total. The lowest BCUT2D eigenvalue weighted by Gasteiger charge is -2.44. The number of carbonyl (C=O) groups is 5. The molecule has 0 radical (unpaired) electrons. The van der Waals surface area contributed by atoms with Crippen LogP contribution in [0.1, 0.15) is 52.5 Å². The molecule has 1 amide bonds. The highest BCUT2D eigenvalue weighted by atomic mass is 31.2. The Morgan fingerprint density at radius 3 is 2.41 bits per heavy atom. The Morgan fingerprint density at radius 1 is 0.982 bits per heavy atom. The van der Waals surface area contributed by atoms with Gasteiger partial charge in [-0.3, -0.25) is 33.5 Å². The van der Waals surface area contributed by atoms with Crippen LogP contribution in [-0.4, -0.2) is 84.6 Å². The van der Waals surface area contributed by atoms with E-state index in [0.29, 0.717) is 23.9 Å². The number of pyridine rings is 1. The number of carbonyl (C=O) groups excluding carboxylic acids is 5. The number of esters is 4. The molecular weight excluding hydrogens is 755 g/mol. The molecule has 7 atom stereocenters. The monoisotopic (exact) mass is 798 g/mol. The van der Waals surface area contributed by atoms with Crippen LogP contribution >= 0.6 is 7.75 Å². The smallest absolute Gasteiger partial charge is 0.459 e. The van der Waals surface area contributed by atoms with E-state index >= 15 is 0 Å². The fourth-order valence-electron chi connectivity index (χ4n) is 5.53. The third-order valence-electron chi connectivity index (χ3n) is 8.03. The summed E-state index contributed by atoms with van der Waals surface area (Å²) < 4.78 is 54.3. The summed E-state index contributed by atoms with van der Waals surface area (Å²) in [6.07, 6.45) is -3.67. The summed E-state index contributed by atoms with van der Waals surface area (Å²) >= 11 is 0. The lowest BCUT2D eigenvalue weighted by molar-refractivity contribution is -0.269. The maximum atomic E-state index is 14.5. The fraction of sp³-hybridized carbons (Fsp3) is 0.444. The first-order chi connectivity index (χ1) is 26.8. The average Bonchev–Trinajstić information content (AvgIpc) is 3.16. The zero-order chi connectivity index (χ0) is 40.7. The van der Waals surface area contributed by atoms with Crippen LogP contribution in [0, 0.1) is 0 Å². The lowest BCUT2D eigenvalue weighted by atomic mass is 9.96. The number of amides is 1. The Bertz CT molecular complexity index is 1940. The van der Waals surface area contributed by atoms with Gasteiger partial charge < -0.3 is 33.5 Å². The molecule has 1 saturated heterocycles. The number of nitrogens with one attached hydrogen (secondary N) is 2. The van der Waals surface area contributed by atoms with E-state index in [1.807, 2.05) is 19.1 Å². The van der Waals surface area contributed by atoms with E-state index in [9.17, 15) is 28.5 Å². The molecule has 0 aliphatic carbocycles. The van der Waals surface area contributed by atoms with Crippen molar-refractivity contribution in [3.8, 4) is 5.75 Å². The Hall–Kier alpha value is -5.58. The van der Waals surface area contributed by atoms with Crippen molar-refractivity contribution < 1.29 is 61.3 Å². The van der Waals surface area contributed by atoms with Crippen LogP contribution in [0.5, 0.6) is 5.75 Å². The first-order valence-electron chi connectivity index (χ1n) is 17.6. The minimum Gasteiger partial charge on any atom is -0.460 e. The number of rotatable bonds is 19. The van der Waals surface area contributed by atoms with Crippen molar-refractivity contribution in [1.29, 1.82) is 0 Å².